The van der Waals surface area contributed by atoms with Crippen molar-refractivity contribution in [3.05, 3.63) is 95.6 Å². The molecule has 0 saturated carbocycles. The van der Waals surface area contributed by atoms with Crippen LogP contribution >= 0.6 is 11.6 Å². The van der Waals surface area contributed by atoms with Crippen LogP contribution in [0.4, 0.5) is 5.95 Å². The molecule has 184 valence electrons. The van der Waals surface area contributed by atoms with Gasteiger partial charge in [-0.15, -0.1) is 0 Å². The minimum absolute atomic E-state index is 0.0900. The van der Waals surface area contributed by atoms with Gasteiger partial charge in [-0.25, -0.2) is 4.98 Å². The highest BCUT2D eigenvalue weighted by atomic mass is 35.5. The lowest BCUT2D eigenvalue weighted by Crippen LogP contribution is -2.37. The number of imidazole rings is 1. The van der Waals surface area contributed by atoms with E-state index in [1.807, 2.05) is 72.9 Å². The molecule has 0 atom stereocenters. The van der Waals surface area contributed by atoms with Crippen molar-refractivity contribution in [2.24, 2.45) is 0 Å². The average Bonchev–Trinajstić information content (AvgIpc) is 3.32. The molecule has 1 aromatic heterocycles. The van der Waals surface area contributed by atoms with Crippen LogP contribution < -0.4 is 10.1 Å². The standard InChI is InChI=1S/C28H27ClN4O3/c1-3-27(35)32(17-20-7-5-4-6-8-20)19-26(34)31-28-30-25(21-9-11-22(29)12-10-21)18-33(28)23-13-15-24(36-2)16-14-23/h4-16,18H,3,17,19H2,1-2H3,(H,30,31,34). The Labute approximate surface area is 215 Å². The van der Waals surface area contributed by atoms with Crippen LogP contribution in [-0.2, 0) is 16.1 Å². The van der Waals surface area contributed by atoms with Gasteiger partial charge in [-0.3, -0.25) is 19.5 Å². The Bertz CT molecular complexity index is 1320. The summed E-state index contributed by atoms with van der Waals surface area (Å²) in [7, 11) is 1.61. The maximum atomic E-state index is 13.1. The third kappa shape index (κ3) is 6.12. The van der Waals surface area contributed by atoms with Crippen molar-refractivity contribution in [3.63, 3.8) is 0 Å². The van der Waals surface area contributed by atoms with E-state index in [0.717, 1.165) is 22.6 Å². The monoisotopic (exact) mass is 502 g/mol. The molecule has 4 aromatic rings. The summed E-state index contributed by atoms with van der Waals surface area (Å²) < 4.78 is 7.06. The smallest absolute Gasteiger partial charge is 0.246 e. The number of amides is 2. The molecule has 0 aliphatic heterocycles. The number of carbonyl (C=O) groups is 2. The van der Waals surface area contributed by atoms with Gasteiger partial charge in [0.05, 0.1) is 12.8 Å². The van der Waals surface area contributed by atoms with E-state index in [1.165, 1.54) is 0 Å². The minimum atomic E-state index is -0.337. The first-order chi connectivity index (χ1) is 17.5. The molecule has 2 amide bonds. The number of hydrogen-bond acceptors (Lipinski definition) is 4. The van der Waals surface area contributed by atoms with Crippen molar-refractivity contribution < 1.29 is 14.3 Å². The fourth-order valence-corrected chi connectivity index (χ4v) is 3.89. The molecule has 0 unspecified atom stereocenters. The molecule has 1 heterocycles. The van der Waals surface area contributed by atoms with Crippen LogP contribution in [0, 0.1) is 0 Å². The first-order valence-corrected chi connectivity index (χ1v) is 12.0. The summed E-state index contributed by atoms with van der Waals surface area (Å²) in [6, 6.07) is 24.4. The predicted molar refractivity (Wildman–Crippen MR) is 141 cm³/mol. The summed E-state index contributed by atoms with van der Waals surface area (Å²) in [4.78, 5) is 31.9. The first kappa shape index (κ1) is 25.0. The summed E-state index contributed by atoms with van der Waals surface area (Å²) in [5.41, 5.74) is 3.28. The van der Waals surface area contributed by atoms with E-state index < -0.39 is 0 Å². The van der Waals surface area contributed by atoms with E-state index in [9.17, 15) is 9.59 Å². The van der Waals surface area contributed by atoms with Gasteiger partial charge in [-0.1, -0.05) is 61.0 Å². The van der Waals surface area contributed by atoms with Crippen molar-refractivity contribution in [1.29, 1.82) is 0 Å². The molecular weight excluding hydrogens is 476 g/mol. The van der Waals surface area contributed by atoms with Gasteiger partial charge in [-0.2, -0.15) is 0 Å². The maximum absolute atomic E-state index is 13.1. The largest absolute Gasteiger partial charge is 0.497 e. The number of aromatic nitrogens is 2. The summed E-state index contributed by atoms with van der Waals surface area (Å²) in [5.74, 6) is 0.626. The van der Waals surface area contributed by atoms with Crippen LogP contribution in [0.25, 0.3) is 16.9 Å². The Kier molecular flexibility index (Phi) is 8.02. The Hall–Kier alpha value is -4.10. The van der Waals surface area contributed by atoms with Crippen LogP contribution in [0.15, 0.2) is 85.1 Å². The maximum Gasteiger partial charge on any atom is 0.246 e. The molecule has 0 spiro atoms. The molecule has 0 aliphatic rings. The molecular formula is C28H27ClN4O3. The molecule has 4 rings (SSSR count). The van der Waals surface area contributed by atoms with Crippen LogP contribution in [0.5, 0.6) is 5.75 Å². The lowest BCUT2D eigenvalue weighted by atomic mass is 10.2. The summed E-state index contributed by atoms with van der Waals surface area (Å²) >= 11 is 6.05. The van der Waals surface area contributed by atoms with Crippen molar-refractivity contribution in [2.75, 3.05) is 19.0 Å². The number of nitrogens with zero attached hydrogens (tertiary/aromatic N) is 3. The Morgan fingerprint density at radius 1 is 1.00 bits per heavy atom. The van der Waals surface area contributed by atoms with Crippen molar-refractivity contribution in [3.8, 4) is 22.7 Å². The zero-order chi connectivity index (χ0) is 25.5. The van der Waals surface area contributed by atoms with Gasteiger partial charge >= 0.3 is 0 Å². The molecule has 0 fully saturated rings. The highest BCUT2D eigenvalue weighted by Crippen LogP contribution is 2.26. The number of nitrogens with one attached hydrogen (secondary N) is 1. The molecule has 1 N–H and O–H groups in total. The average molecular weight is 503 g/mol. The third-order valence-electron chi connectivity index (χ3n) is 5.65. The van der Waals surface area contributed by atoms with Crippen LogP contribution in [-0.4, -0.2) is 39.9 Å². The zero-order valence-corrected chi connectivity index (χ0v) is 20.9. The predicted octanol–water partition coefficient (Wildman–Crippen LogP) is 5.58. The lowest BCUT2D eigenvalue weighted by molar-refractivity contribution is -0.135. The molecule has 36 heavy (non-hydrogen) atoms. The van der Waals surface area contributed by atoms with E-state index >= 15 is 0 Å². The molecule has 3 aromatic carbocycles. The number of methoxy groups -OCH3 is 1. The van der Waals surface area contributed by atoms with Gasteiger partial charge < -0.3 is 9.64 Å². The minimum Gasteiger partial charge on any atom is -0.497 e. The Morgan fingerprint density at radius 2 is 1.69 bits per heavy atom. The van der Waals surface area contributed by atoms with Crippen molar-refractivity contribution in [1.82, 2.24) is 14.5 Å². The highest BCUT2D eigenvalue weighted by molar-refractivity contribution is 6.30. The molecule has 0 bridgehead atoms. The Morgan fingerprint density at radius 3 is 2.33 bits per heavy atom. The fourth-order valence-electron chi connectivity index (χ4n) is 3.77. The molecule has 0 radical (unpaired) electrons. The number of halogens is 1. The van der Waals surface area contributed by atoms with E-state index in [2.05, 4.69) is 10.3 Å². The van der Waals surface area contributed by atoms with Gasteiger partial charge in [0.15, 0.2) is 0 Å². The van der Waals surface area contributed by atoms with Crippen LogP contribution in [0.3, 0.4) is 0 Å². The summed E-state index contributed by atoms with van der Waals surface area (Å²) in [6.45, 7) is 2.05. The number of hydrogen-bond donors (Lipinski definition) is 1. The van der Waals surface area contributed by atoms with Crippen molar-refractivity contribution >= 4 is 29.4 Å². The van der Waals surface area contributed by atoms with E-state index in [-0.39, 0.29) is 18.4 Å². The molecule has 7 nitrogen and oxygen atoms in total. The molecule has 8 heteroatoms. The van der Waals surface area contributed by atoms with E-state index in [4.69, 9.17) is 16.3 Å². The summed E-state index contributed by atoms with van der Waals surface area (Å²) in [6.07, 6.45) is 2.15. The third-order valence-corrected chi connectivity index (χ3v) is 5.91. The first-order valence-electron chi connectivity index (χ1n) is 11.6. The van der Waals surface area contributed by atoms with Gasteiger partial charge in [0.1, 0.15) is 12.3 Å². The normalized spacial score (nSPS) is 10.6. The number of rotatable bonds is 9. The fraction of sp³-hybridized carbons (Fsp3) is 0.179. The van der Waals surface area contributed by atoms with E-state index in [1.54, 1.807) is 35.6 Å². The number of anilines is 1. The Balaban J connectivity index is 1.61. The van der Waals surface area contributed by atoms with Crippen LogP contribution in [0.2, 0.25) is 5.02 Å². The number of carbonyl (C=O) groups excluding carboxylic acids is 2. The lowest BCUT2D eigenvalue weighted by Gasteiger charge is -2.22. The highest BCUT2D eigenvalue weighted by Gasteiger charge is 2.19. The number of benzene rings is 3. The SMILES string of the molecule is CCC(=O)N(CC(=O)Nc1nc(-c2ccc(Cl)cc2)cn1-c1ccc(OC)cc1)Cc1ccccc1. The number of ether oxygens (including phenoxy) is 1. The van der Waals surface area contributed by atoms with Gasteiger partial charge in [0.2, 0.25) is 17.8 Å². The topological polar surface area (TPSA) is 76.5 Å². The van der Waals surface area contributed by atoms with Crippen LogP contribution in [0.1, 0.15) is 18.9 Å². The van der Waals surface area contributed by atoms with Gasteiger partial charge in [0.25, 0.3) is 0 Å². The second-order valence-corrected chi connectivity index (χ2v) is 8.60. The quantitative estimate of drug-likeness (QED) is 0.324. The zero-order valence-electron chi connectivity index (χ0n) is 20.1. The second kappa shape index (κ2) is 11.6. The van der Waals surface area contributed by atoms with Gasteiger partial charge in [0, 0.05) is 35.4 Å². The van der Waals surface area contributed by atoms with E-state index in [0.29, 0.717) is 29.6 Å². The summed E-state index contributed by atoms with van der Waals surface area (Å²) in [5, 5.41) is 3.52. The van der Waals surface area contributed by atoms with Gasteiger partial charge in [-0.05, 0) is 42.0 Å². The molecule has 0 aliphatic carbocycles. The van der Waals surface area contributed by atoms with Crippen molar-refractivity contribution in [2.45, 2.75) is 19.9 Å². The second-order valence-electron chi connectivity index (χ2n) is 8.16. The molecule has 0 saturated heterocycles.